The van der Waals surface area contributed by atoms with Gasteiger partial charge in [-0.15, -0.1) is 35.3 Å². The number of benzene rings is 2. The van der Waals surface area contributed by atoms with Gasteiger partial charge in [0.05, 0.1) is 0 Å². The highest BCUT2D eigenvalue weighted by molar-refractivity contribution is 14.0. The van der Waals surface area contributed by atoms with Gasteiger partial charge in [0, 0.05) is 46.8 Å². The van der Waals surface area contributed by atoms with Crippen molar-refractivity contribution in [1.82, 2.24) is 15.6 Å². The van der Waals surface area contributed by atoms with Crippen LogP contribution in [0.1, 0.15) is 23.0 Å². The molecule has 2 aromatic heterocycles. The molecular weight excluding hydrogens is 507 g/mol. The van der Waals surface area contributed by atoms with Gasteiger partial charge in [0.2, 0.25) is 0 Å². The third-order valence-electron chi connectivity index (χ3n) is 5.05. The first kappa shape index (κ1) is 22.6. The number of aliphatic imine (C=N–C) groups is 1. The first-order valence-corrected chi connectivity index (χ1v) is 10.7. The van der Waals surface area contributed by atoms with Gasteiger partial charge >= 0.3 is 0 Å². The normalized spacial score (nSPS) is 12.7. The monoisotopic (exact) mass is 534 g/mol. The third-order valence-corrected chi connectivity index (χ3v) is 6.27. The number of aromatic nitrogens is 1. The van der Waals surface area contributed by atoms with Crippen LogP contribution in [0.4, 0.5) is 0 Å². The molecule has 0 aliphatic rings. The second-order valence-corrected chi connectivity index (χ2v) is 8.16. The van der Waals surface area contributed by atoms with E-state index in [4.69, 9.17) is 0 Å². The van der Waals surface area contributed by atoms with Gasteiger partial charge in [0.15, 0.2) is 5.96 Å². The molecule has 5 nitrogen and oxygen atoms in total. The number of hydrogen-bond donors (Lipinski definition) is 4. The van der Waals surface area contributed by atoms with Gasteiger partial charge in [-0.3, -0.25) is 4.99 Å². The minimum absolute atomic E-state index is 0. The molecular formula is C23H27IN4OS. The molecule has 0 amide bonds. The largest absolute Gasteiger partial charge is 0.386 e. The second-order valence-electron chi connectivity index (χ2n) is 7.05. The molecule has 4 rings (SSSR count). The first-order chi connectivity index (χ1) is 14.2. The number of aliphatic hydroxyl groups excluding tert-OH is 1. The Bertz CT molecular complexity index is 1090. The van der Waals surface area contributed by atoms with E-state index in [1.54, 1.807) is 18.4 Å². The van der Waals surface area contributed by atoms with E-state index in [1.807, 2.05) is 18.2 Å². The zero-order chi connectivity index (χ0) is 20.1. The molecule has 0 saturated carbocycles. The zero-order valence-corrected chi connectivity index (χ0v) is 20.0. The summed E-state index contributed by atoms with van der Waals surface area (Å²) in [5.41, 5.74) is 2.52. The van der Waals surface area contributed by atoms with Gasteiger partial charge in [-0.25, -0.2) is 0 Å². The Morgan fingerprint density at radius 3 is 2.77 bits per heavy atom. The first-order valence-electron chi connectivity index (χ1n) is 9.90. The molecule has 4 aromatic rings. The van der Waals surface area contributed by atoms with Crippen LogP contribution in [0, 0.1) is 0 Å². The molecule has 0 bridgehead atoms. The second kappa shape index (κ2) is 10.8. The Balaban J connectivity index is 0.00000256. The molecule has 0 aliphatic carbocycles. The van der Waals surface area contributed by atoms with Crippen LogP contribution in [0.15, 0.2) is 65.8 Å². The van der Waals surface area contributed by atoms with Crippen LogP contribution in [0.3, 0.4) is 0 Å². The minimum Gasteiger partial charge on any atom is -0.386 e. The number of rotatable bonds is 7. The Hall–Kier alpha value is -2.10. The van der Waals surface area contributed by atoms with Crippen molar-refractivity contribution in [1.29, 1.82) is 0 Å². The smallest absolute Gasteiger partial charge is 0.191 e. The number of guanidine groups is 1. The number of nitrogens with one attached hydrogen (secondary N) is 3. The van der Waals surface area contributed by atoms with Gasteiger partial charge in [0.1, 0.15) is 6.10 Å². The van der Waals surface area contributed by atoms with E-state index in [1.165, 1.54) is 26.6 Å². The molecule has 0 aliphatic heterocycles. The lowest BCUT2D eigenvalue weighted by Gasteiger charge is -2.14. The Labute approximate surface area is 197 Å². The SMILES string of the molecule is CN=C(NCCCc1c[nH]c2ccccc12)NCC(O)c1cc2ccccc2s1.I. The van der Waals surface area contributed by atoms with E-state index in [0.29, 0.717) is 12.5 Å². The number of aromatic amines is 1. The topological polar surface area (TPSA) is 72.4 Å². The number of H-pyrrole nitrogens is 1. The maximum absolute atomic E-state index is 10.5. The lowest BCUT2D eigenvalue weighted by Crippen LogP contribution is -2.39. The van der Waals surface area contributed by atoms with Gasteiger partial charge in [0.25, 0.3) is 0 Å². The van der Waals surface area contributed by atoms with Crippen LogP contribution in [0.5, 0.6) is 0 Å². The molecule has 0 fully saturated rings. The predicted octanol–water partition coefficient (Wildman–Crippen LogP) is 4.83. The number of hydrogen-bond acceptors (Lipinski definition) is 3. The lowest BCUT2D eigenvalue weighted by molar-refractivity contribution is 0.184. The summed E-state index contributed by atoms with van der Waals surface area (Å²) < 4.78 is 1.20. The number of aliphatic hydroxyl groups is 1. The summed E-state index contributed by atoms with van der Waals surface area (Å²) in [6, 6.07) is 18.6. The Morgan fingerprint density at radius 1 is 1.13 bits per heavy atom. The van der Waals surface area contributed by atoms with E-state index in [0.717, 1.165) is 24.3 Å². The molecule has 0 radical (unpaired) electrons. The average Bonchev–Trinajstić information content (AvgIpc) is 3.37. The summed E-state index contributed by atoms with van der Waals surface area (Å²) >= 11 is 1.63. The molecule has 4 N–H and O–H groups in total. The Morgan fingerprint density at radius 2 is 1.93 bits per heavy atom. The minimum atomic E-state index is -0.558. The zero-order valence-electron chi connectivity index (χ0n) is 16.9. The molecule has 1 unspecified atom stereocenters. The van der Waals surface area contributed by atoms with Crippen molar-refractivity contribution in [2.75, 3.05) is 20.1 Å². The standard InChI is InChI=1S/C23H26N4OS.HI/c1-24-23(25-12-6-8-17-14-26-19-10-4-3-9-18(17)19)27-15-20(28)22-13-16-7-2-5-11-21(16)29-22;/h2-5,7,9-11,13-14,20,26,28H,6,8,12,15H2,1H3,(H2,24,25,27);1H. The third kappa shape index (κ3) is 5.33. The van der Waals surface area contributed by atoms with E-state index < -0.39 is 6.10 Å². The number of halogens is 1. The Kier molecular flexibility index (Phi) is 8.12. The van der Waals surface area contributed by atoms with Gasteiger partial charge in [-0.1, -0.05) is 36.4 Å². The fourth-order valence-electron chi connectivity index (χ4n) is 3.51. The van der Waals surface area contributed by atoms with Crippen molar-refractivity contribution in [2.45, 2.75) is 18.9 Å². The summed E-state index contributed by atoms with van der Waals surface area (Å²) in [6.45, 7) is 1.24. The molecule has 2 aromatic carbocycles. The molecule has 1 atom stereocenters. The van der Waals surface area contributed by atoms with Crippen LogP contribution in [0.2, 0.25) is 0 Å². The summed E-state index contributed by atoms with van der Waals surface area (Å²) in [4.78, 5) is 8.55. The summed E-state index contributed by atoms with van der Waals surface area (Å²) in [7, 11) is 1.75. The van der Waals surface area contributed by atoms with Crippen molar-refractivity contribution >= 4 is 62.3 Å². The van der Waals surface area contributed by atoms with Gasteiger partial charge < -0.3 is 20.7 Å². The predicted molar refractivity (Wildman–Crippen MR) is 138 cm³/mol. The van der Waals surface area contributed by atoms with E-state index in [2.05, 4.69) is 63.2 Å². The van der Waals surface area contributed by atoms with Crippen molar-refractivity contribution in [3.8, 4) is 0 Å². The highest BCUT2D eigenvalue weighted by Crippen LogP contribution is 2.29. The number of aryl methyl sites for hydroxylation is 1. The van der Waals surface area contributed by atoms with Crippen LogP contribution >= 0.6 is 35.3 Å². The average molecular weight is 534 g/mol. The summed E-state index contributed by atoms with van der Waals surface area (Å²) in [5.74, 6) is 0.712. The fraction of sp³-hybridized carbons (Fsp3) is 0.261. The maximum atomic E-state index is 10.5. The highest BCUT2D eigenvalue weighted by atomic mass is 127. The van der Waals surface area contributed by atoms with Crippen LogP contribution < -0.4 is 10.6 Å². The number of thiophene rings is 1. The van der Waals surface area contributed by atoms with Crippen molar-refractivity contribution in [2.24, 2.45) is 4.99 Å². The van der Waals surface area contributed by atoms with Crippen molar-refractivity contribution in [3.63, 3.8) is 0 Å². The van der Waals surface area contributed by atoms with Crippen LogP contribution in [-0.2, 0) is 6.42 Å². The van der Waals surface area contributed by atoms with Crippen LogP contribution in [0.25, 0.3) is 21.0 Å². The summed E-state index contributed by atoms with van der Waals surface area (Å²) in [6.07, 6.45) is 3.54. The molecule has 0 spiro atoms. The lowest BCUT2D eigenvalue weighted by atomic mass is 10.1. The van der Waals surface area contributed by atoms with Gasteiger partial charge in [-0.2, -0.15) is 0 Å². The fourth-order valence-corrected chi connectivity index (χ4v) is 4.56. The maximum Gasteiger partial charge on any atom is 0.191 e. The number of fused-ring (bicyclic) bond motifs is 2. The van der Waals surface area contributed by atoms with E-state index >= 15 is 0 Å². The molecule has 30 heavy (non-hydrogen) atoms. The highest BCUT2D eigenvalue weighted by Gasteiger charge is 2.12. The van der Waals surface area contributed by atoms with E-state index in [-0.39, 0.29) is 24.0 Å². The molecule has 7 heteroatoms. The quantitative estimate of drug-likeness (QED) is 0.119. The van der Waals surface area contributed by atoms with E-state index in [9.17, 15) is 5.11 Å². The van der Waals surface area contributed by atoms with Gasteiger partial charge in [-0.05, 0) is 42.0 Å². The summed E-state index contributed by atoms with van der Waals surface area (Å²) in [5, 5.41) is 19.5. The van der Waals surface area contributed by atoms with Crippen molar-refractivity contribution in [3.05, 3.63) is 71.2 Å². The van der Waals surface area contributed by atoms with Crippen LogP contribution in [-0.4, -0.2) is 36.2 Å². The molecule has 158 valence electrons. The molecule has 0 saturated heterocycles. The van der Waals surface area contributed by atoms with Crippen molar-refractivity contribution < 1.29 is 5.11 Å². The number of nitrogens with zero attached hydrogens (tertiary/aromatic N) is 1. The number of para-hydroxylation sites is 1. The molecule has 2 heterocycles.